The van der Waals surface area contributed by atoms with Gasteiger partial charge < -0.3 is 20.4 Å². The number of allylic oxidation sites excluding steroid dienone is 1. The van der Waals surface area contributed by atoms with Gasteiger partial charge in [0.2, 0.25) is 5.95 Å². The number of aromatic nitrogens is 3. The minimum Gasteiger partial charge on any atom is -0.462 e. The topological polar surface area (TPSA) is 107 Å². The first-order chi connectivity index (χ1) is 14.8. The van der Waals surface area contributed by atoms with E-state index in [9.17, 15) is 4.79 Å². The third kappa shape index (κ3) is 8.39. The average molecular weight is 431 g/mol. The summed E-state index contributed by atoms with van der Waals surface area (Å²) in [6, 6.07) is 2.02. The first-order valence-electron chi connectivity index (χ1n) is 11.0. The second-order valence-electron chi connectivity index (χ2n) is 7.61. The van der Waals surface area contributed by atoms with Crippen LogP contribution in [0.4, 0.5) is 5.95 Å². The highest BCUT2D eigenvalue weighted by atomic mass is 16.5. The van der Waals surface area contributed by atoms with Crippen LogP contribution >= 0.6 is 0 Å². The van der Waals surface area contributed by atoms with E-state index in [0.29, 0.717) is 23.5 Å². The summed E-state index contributed by atoms with van der Waals surface area (Å²) in [5, 5.41) is 4.03. The van der Waals surface area contributed by atoms with Crippen LogP contribution in [0, 0.1) is 11.8 Å². The van der Waals surface area contributed by atoms with Gasteiger partial charge in [-0.2, -0.15) is 4.98 Å². The Morgan fingerprint density at radius 2 is 2.03 bits per heavy atom. The molecular weight excluding hydrogens is 392 g/mol. The molecule has 1 unspecified atom stereocenters. The molecular formula is C23H38N6O2. The molecule has 8 heteroatoms. The number of nitrogens with two attached hydrogens (primary N) is 1. The fraction of sp³-hybridized carbons (Fsp3) is 0.565. The zero-order valence-electron chi connectivity index (χ0n) is 19.9. The molecule has 8 nitrogen and oxygen atoms in total. The number of ether oxygens (including phenoxy) is 1. The first kappa shape index (κ1) is 26.1. The summed E-state index contributed by atoms with van der Waals surface area (Å²) in [5.74, 6) is 1.21. The Kier molecular flexibility index (Phi) is 11.3. The van der Waals surface area contributed by atoms with E-state index in [4.69, 9.17) is 10.5 Å². The van der Waals surface area contributed by atoms with Crippen LogP contribution < -0.4 is 11.1 Å². The molecule has 0 spiro atoms. The summed E-state index contributed by atoms with van der Waals surface area (Å²) < 4.78 is 7.21. The average Bonchev–Trinajstić information content (AvgIpc) is 3.13. The Morgan fingerprint density at radius 1 is 1.32 bits per heavy atom. The largest absolute Gasteiger partial charge is 0.462 e. The number of carbonyl (C=O) groups is 1. The monoisotopic (exact) mass is 430 g/mol. The Labute approximate surface area is 186 Å². The maximum Gasteiger partial charge on any atom is 0.327 e. The van der Waals surface area contributed by atoms with E-state index in [2.05, 4.69) is 51.8 Å². The summed E-state index contributed by atoms with van der Waals surface area (Å²) in [6.45, 7) is 15.1. The maximum atomic E-state index is 11.6. The number of carbonyl (C=O) groups excluding carboxylic acids is 1. The second kappa shape index (κ2) is 13.4. The summed E-state index contributed by atoms with van der Waals surface area (Å²) >= 11 is 0. The van der Waals surface area contributed by atoms with Gasteiger partial charge in [-0.25, -0.2) is 4.98 Å². The molecule has 0 saturated carbocycles. The fourth-order valence-electron chi connectivity index (χ4n) is 3.01. The molecule has 0 fully saturated rings. The van der Waals surface area contributed by atoms with Gasteiger partial charge in [-0.05, 0) is 31.7 Å². The molecule has 0 aliphatic carbocycles. The molecule has 31 heavy (non-hydrogen) atoms. The Hall–Kier alpha value is -2.90. The van der Waals surface area contributed by atoms with Crippen molar-refractivity contribution < 1.29 is 9.53 Å². The first-order valence-corrected chi connectivity index (χ1v) is 11.0. The number of hydrogen-bond donors (Lipinski definition) is 2. The van der Waals surface area contributed by atoms with Gasteiger partial charge in [-0.1, -0.05) is 41.0 Å². The number of aliphatic imine (C=N–C) groups is 1. The van der Waals surface area contributed by atoms with Crippen molar-refractivity contribution in [3.8, 4) is 0 Å². The number of nitrogens with zero attached hydrogens (tertiary/aromatic N) is 4. The Morgan fingerprint density at radius 3 is 2.61 bits per heavy atom. The van der Waals surface area contributed by atoms with Crippen LogP contribution in [0.15, 0.2) is 35.3 Å². The van der Waals surface area contributed by atoms with Crippen molar-refractivity contribution in [3.63, 3.8) is 0 Å². The molecule has 2 aromatic heterocycles. The molecule has 2 rings (SSSR count). The third-order valence-electron chi connectivity index (χ3n) is 4.65. The molecule has 0 radical (unpaired) electrons. The Bertz CT molecular complexity index is 870. The molecule has 0 aromatic carbocycles. The quantitative estimate of drug-likeness (QED) is 0.428. The summed E-state index contributed by atoms with van der Waals surface area (Å²) in [6.07, 6.45) is 7.61. The number of nitrogens with one attached hydrogen (secondary N) is 1. The van der Waals surface area contributed by atoms with Gasteiger partial charge in [-0.3, -0.25) is 9.79 Å². The molecule has 2 heterocycles. The van der Waals surface area contributed by atoms with E-state index in [1.807, 2.05) is 19.9 Å². The number of hydrogen-bond acceptors (Lipinski definition) is 7. The number of rotatable bonds is 10. The van der Waals surface area contributed by atoms with Gasteiger partial charge >= 0.3 is 5.97 Å². The highest BCUT2D eigenvalue weighted by molar-refractivity contribution is 5.85. The molecule has 2 aromatic rings. The van der Waals surface area contributed by atoms with E-state index in [1.165, 1.54) is 12.4 Å². The lowest BCUT2D eigenvalue weighted by Crippen LogP contribution is -2.16. The lowest BCUT2D eigenvalue weighted by atomic mass is 9.93. The molecule has 172 valence electrons. The van der Waals surface area contributed by atoms with E-state index in [1.54, 1.807) is 20.0 Å². The standard InChI is InChI=1S/C21H32N6O2.C2H6/c1-6-16(14(2)3)13-27-8-7-17-10-24-21(26-20(17)27)25-18(9-22)11-23-12-19(28)29-15(4)5;1-2/h7-11,14-16H,6,12-13,22H2,1-5H3,(H,24,25,26);1-2H3/b18-9+,23-11?;. The maximum absolute atomic E-state index is 11.6. The van der Waals surface area contributed by atoms with Gasteiger partial charge in [-0.15, -0.1) is 0 Å². The van der Waals surface area contributed by atoms with E-state index < -0.39 is 5.97 Å². The fourth-order valence-corrected chi connectivity index (χ4v) is 3.01. The number of anilines is 1. The SMILES string of the molecule is CC.CCC(Cn1ccc2cnc(N/C(C=NCC(=O)OC(C)C)=C/N)nc21)C(C)C. The summed E-state index contributed by atoms with van der Waals surface area (Å²) in [4.78, 5) is 24.6. The molecule has 0 aliphatic rings. The summed E-state index contributed by atoms with van der Waals surface area (Å²) in [5.41, 5.74) is 7.03. The summed E-state index contributed by atoms with van der Waals surface area (Å²) in [7, 11) is 0. The van der Waals surface area contributed by atoms with Crippen molar-refractivity contribution in [2.75, 3.05) is 11.9 Å². The number of esters is 1. The smallest absolute Gasteiger partial charge is 0.327 e. The van der Waals surface area contributed by atoms with Crippen LogP contribution in [0.25, 0.3) is 11.0 Å². The molecule has 0 aliphatic heterocycles. The van der Waals surface area contributed by atoms with Crippen molar-refractivity contribution >= 4 is 29.2 Å². The molecule has 3 N–H and O–H groups in total. The van der Waals surface area contributed by atoms with E-state index in [0.717, 1.165) is 24.0 Å². The van der Waals surface area contributed by atoms with Crippen molar-refractivity contribution in [3.05, 3.63) is 30.4 Å². The van der Waals surface area contributed by atoms with Crippen LogP contribution in [-0.2, 0) is 16.1 Å². The zero-order valence-corrected chi connectivity index (χ0v) is 19.9. The lowest BCUT2D eigenvalue weighted by Gasteiger charge is -2.20. The normalized spacial score (nSPS) is 12.9. The predicted octanol–water partition coefficient (Wildman–Crippen LogP) is 4.37. The van der Waals surface area contributed by atoms with Crippen LogP contribution in [0.5, 0.6) is 0 Å². The third-order valence-corrected chi connectivity index (χ3v) is 4.65. The van der Waals surface area contributed by atoms with Gasteiger partial charge in [0, 0.05) is 36.7 Å². The van der Waals surface area contributed by atoms with Crippen molar-refractivity contribution in [1.29, 1.82) is 0 Å². The highest BCUT2D eigenvalue weighted by Crippen LogP contribution is 2.21. The van der Waals surface area contributed by atoms with E-state index in [-0.39, 0.29) is 12.6 Å². The molecule has 0 saturated heterocycles. The predicted molar refractivity (Wildman–Crippen MR) is 128 cm³/mol. The zero-order chi connectivity index (χ0) is 23.4. The van der Waals surface area contributed by atoms with E-state index >= 15 is 0 Å². The van der Waals surface area contributed by atoms with Gasteiger partial charge in [0.15, 0.2) is 0 Å². The van der Waals surface area contributed by atoms with Crippen LogP contribution in [0.3, 0.4) is 0 Å². The van der Waals surface area contributed by atoms with Crippen LogP contribution in [0.2, 0.25) is 0 Å². The minimum absolute atomic E-state index is 0.0758. The van der Waals surface area contributed by atoms with Gasteiger partial charge in [0.05, 0.1) is 11.8 Å². The van der Waals surface area contributed by atoms with Crippen molar-refractivity contribution in [2.24, 2.45) is 22.6 Å². The van der Waals surface area contributed by atoms with Crippen molar-refractivity contribution in [1.82, 2.24) is 14.5 Å². The van der Waals surface area contributed by atoms with Crippen LogP contribution in [-0.4, -0.2) is 39.4 Å². The lowest BCUT2D eigenvalue weighted by molar-refractivity contribution is -0.145. The Balaban J connectivity index is 0.00000233. The number of fused-ring (bicyclic) bond motifs is 1. The van der Waals surface area contributed by atoms with Crippen molar-refractivity contribution in [2.45, 2.75) is 67.5 Å². The second-order valence-corrected chi connectivity index (χ2v) is 7.61. The molecule has 1 atom stereocenters. The van der Waals surface area contributed by atoms with Crippen LogP contribution in [0.1, 0.15) is 54.9 Å². The van der Waals surface area contributed by atoms with Gasteiger partial charge in [0.1, 0.15) is 12.2 Å². The molecule has 0 bridgehead atoms. The minimum atomic E-state index is -0.390. The highest BCUT2D eigenvalue weighted by Gasteiger charge is 2.14. The molecule has 0 amide bonds. The van der Waals surface area contributed by atoms with Gasteiger partial charge in [0.25, 0.3) is 0 Å².